The van der Waals surface area contributed by atoms with Gasteiger partial charge in [0.05, 0.1) is 29.6 Å². The zero-order chi connectivity index (χ0) is 17.1. The topological polar surface area (TPSA) is 109 Å². The lowest BCUT2D eigenvalue weighted by atomic mass is 10.1. The van der Waals surface area contributed by atoms with Crippen molar-refractivity contribution in [3.63, 3.8) is 0 Å². The first kappa shape index (κ1) is 15.4. The molecule has 1 aromatic heterocycles. The number of carbonyl (C=O) groups excluding carboxylic acids is 1. The first-order valence-electron chi connectivity index (χ1n) is 7.13. The molecule has 1 saturated heterocycles. The number of carbonyl (C=O) groups is 1. The molecule has 0 atom stereocenters. The number of hydrogen-bond donors (Lipinski definition) is 0. The number of nitro groups is 1. The second-order valence-corrected chi connectivity index (χ2v) is 5.25. The summed E-state index contributed by atoms with van der Waals surface area (Å²) >= 11 is 0. The van der Waals surface area contributed by atoms with Gasteiger partial charge in [-0.3, -0.25) is 14.9 Å². The van der Waals surface area contributed by atoms with Crippen molar-refractivity contribution in [3.05, 3.63) is 63.8 Å². The van der Waals surface area contributed by atoms with Gasteiger partial charge in [-0.25, -0.2) is 4.98 Å². The van der Waals surface area contributed by atoms with Crippen LogP contribution in [0.3, 0.4) is 0 Å². The molecule has 1 aliphatic rings. The maximum absolute atomic E-state index is 12.3. The van der Waals surface area contributed by atoms with Crippen LogP contribution in [0, 0.1) is 21.4 Å². The lowest BCUT2D eigenvalue weighted by molar-refractivity contribution is -0.384. The summed E-state index contributed by atoms with van der Waals surface area (Å²) in [4.78, 5) is 28.1. The van der Waals surface area contributed by atoms with E-state index in [-0.39, 0.29) is 23.3 Å². The number of amides is 1. The Hall–Kier alpha value is -3.47. The average Bonchev–Trinajstić information content (AvgIpc) is 2.57. The minimum atomic E-state index is -0.535. The zero-order valence-corrected chi connectivity index (χ0v) is 12.5. The van der Waals surface area contributed by atoms with E-state index in [0.717, 1.165) is 0 Å². The minimum absolute atomic E-state index is 0.119. The van der Waals surface area contributed by atoms with Crippen LogP contribution in [0.15, 0.2) is 42.6 Å². The van der Waals surface area contributed by atoms with Gasteiger partial charge in [0.2, 0.25) is 5.88 Å². The van der Waals surface area contributed by atoms with E-state index in [4.69, 9.17) is 10.00 Å². The lowest BCUT2D eigenvalue weighted by Crippen LogP contribution is -2.56. The van der Waals surface area contributed by atoms with Crippen LogP contribution in [0.4, 0.5) is 5.69 Å². The van der Waals surface area contributed by atoms with Crippen molar-refractivity contribution in [2.75, 3.05) is 13.1 Å². The Balaban J connectivity index is 1.60. The Bertz CT molecular complexity index is 840. The molecule has 3 rings (SSSR count). The van der Waals surface area contributed by atoms with Gasteiger partial charge < -0.3 is 9.64 Å². The summed E-state index contributed by atoms with van der Waals surface area (Å²) in [5, 5.41) is 19.6. The number of rotatable bonds is 4. The third kappa shape index (κ3) is 3.15. The van der Waals surface area contributed by atoms with E-state index >= 15 is 0 Å². The first-order valence-corrected chi connectivity index (χ1v) is 7.13. The monoisotopic (exact) mass is 324 g/mol. The molecular weight excluding hydrogens is 312 g/mol. The third-order valence-corrected chi connectivity index (χ3v) is 3.59. The van der Waals surface area contributed by atoms with Gasteiger partial charge >= 0.3 is 0 Å². The smallest absolute Gasteiger partial charge is 0.270 e. The second kappa shape index (κ2) is 6.34. The highest BCUT2D eigenvalue weighted by Crippen LogP contribution is 2.21. The second-order valence-electron chi connectivity index (χ2n) is 5.25. The van der Waals surface area contributed by atoms with Crippen molar-refractivity contribution < 1.29 is 14.5 Å². The fourth-order valence-corrected chi connectivity index (χ4v) is 2.33. The van der Waals surface area contributed by atoms with E-state index < -0.39 is 4.92 Å². The number of non-ortho nitro benzene ring substituents is 1. The Morgan fingerprint density at radius 2 is 2.17 bits per heavy atom. The Morgan fingerprint density at radius 1 is 1.38 bits per heavy atom. The van der Waals surface area contributed by atoms with Crippen molar-refractivity contribution in [3.8, 4) is 11.9 Å². The molecule has 0 radical (unpaired) electrons. The fourth-order valence-electron chi connectivity index (χ4n) is 2.33. The summed E-state index contributed by atoms with van der Waals surface area (Å²) in [6, 6.07) is 10.7. The largest absolute Gasteiger partial charge is 0.471 e. The summed E-state index contributed by atoms with van der Waals surface area (Å²) in [5.74, 6) is 0.0544. The Morgan fingerprint density at radius 3 is 2.88 bits per heavy atom. The van der Waals surface area contributed by atoms with Crippen LogP contribution in [-0.2, 0) is 0 Å². The van der Waals surface area contributed by atoms with Crippen molar-refractivity contribution in [2.45, 2.75) is 6.10 Å². The average molecular weight is 324 g/mol. The molecule has 0 unspecified atom stereocenters. The van der Waals surface area contributed by atoms with Crippen LogP contribution in [0.25, 0.3) is 0 Å². The van der Waals surface area contributed by atoms with Gasteiger partial charge in [-0.1, -0.05) is 6.07 Å². The number of nitro benzene ring substituents is 1. The van der Waals surface area contributed by atoms with Crippen LogP contribution >= 0.6 is 0 Å². The van der Waals surface area contributed by atoms with Crippen LogP contribution in [0.2, 0.25) is 0 Å². The maximum atomic E-state index is 12.3. The SMILES string of the molecule is N#Cc1ccnc(OC2CN(C(=O)c3cccc([N+](=O)[O-])c3)C2)c1. The number of likely N-dealkylation sites (tertiary alicyclic amines) is 1. The van der Waals surface area contributed by atoms with Gasteiger partial charge in [0, 0.05) is 30.0 Å². The van der Waals surface area contributed by atoms with Gasteiger partial charge in [-0.2, -0.15) is 5.26 Å². The Labute approximate surface area is 137 Å². The molecule has 0 N–H and O–H groups in total. The predicted molar refractivity (Wildman–Crippen MR) is 82.4 cm³/mol. The molecule has 1 amide bonds. The van der Waals surface area contributed by atoms with Crippen molar-refractivity contribution in [2.24, 2.45) is 0 Å². The molecular formula is C16H12N4O4. The molecule has 1 aromatic carbocycles. The highest BCUT2D eigenvalue weighted by atomic mass is 16.6. The quantitative estimate of drug-likeness (QED) is 0.626. The molecule has 0 aliphatic carbocycles. The van der Waals surface area contributed by atoms with Crippen LogP contribution < -0.4 is 4.74 Å². The standard InChI is InChI=1S/C16H12N4O4/c17-8-11-4-5-18-15(6-11)24-14-9-19(10-14)16(21)12-2-1-3-13(7-12)20(22)23/h1-7,14H,9-10H2. The first-order chi connectivity index (χ1) is 11.6. The van der Waals surface area contributed by atoms with Gasteiger partial charge in [0.15, 0.2) is 0 Å². The van der Waals surface area contributed by atoms with Gasteiger partial charge in [-0.15, -0.1) is 0 Å². The molecule has 8 heteroatoms. The molecule has 8 nitrogen and oxygen atoms in total. The lowest BCUT2D eigenvalue weighted by Gasteiger charge is -2.38. The van der Waals surface area contributed by atoms with Crippen molar-refractivity contribution in [1.29, 1.82) is 5.26 Å². The minimum Gasteiger partial charge on any atom is -0.471 e. The number of nitriles is 1. The van der Waals surface area contributed by atoms with E-state index in [0.29, 0.717) is 24.5 Å². The third-order valence-electron chi connectivity index (χ3n) is 3.59. The highest BCUT2D eigenvalue weighted by Gasteiger charge is 2.33. The molecule has 2 aromatic rings. The van der Waals surface area contributed by atoms with E-state index in [9.17, 15) is 14.9 Å². The maximum Gasteiger partial charge on any atom is 0.270 e. The summed E-state index contributed by atoms with van der Waals surface area (Å²) in [7, 11) is 0. The normalized spacial score (nSPS) is 13.7. The molecule has 120 valence electrons. The zero-order valence-electron chi connectivity index (χ0n) is 12.5. The number of ether oxygens (including phenoxy) is 1. The van der Waals surface area contributed by atoms with Gasteiger partial charge in [-0.05, 0) is 12.1 Å². The number of aromatic nitrogens is 1. The van der Waals surface area contributed by atoms with Crippen molar-refractivity contribution in [1.82, 2.24) is 9.88 Å². The van der Waals surface area contributed by atoms with Crippen LogP contribution in [-0.4, -0.2) is 39.9 Å². The van der Waals surface area contributed by atoms with Gasteiger partial charge in [0.25, 0.3) is 11.6 Å². The van der Waals surface area contributed by atoms with E-state index in [1.165, 1.54) is 35.4 Å². The molecule has 2 heterocycles. The Kier molecular flexibility index (Phi) is 4.07. The highest BCUT2D eigenvalue weighted by molar-refractivity contribution is 5.95. The molecule has 0 saturated carbocycles. The fraction of sp³-hybridized carbons (Fsp3) is 0.188. The van der Waals surface area contributed by atoms with Crippen LogP contribution in [0.1, 0.15) is 15.9 Å². The number of hydrogen-bond acceptors (Lipinski definition) is 6. The molecule has 0 bridgehead atoms. The number of nitrogens with zero attached hydrogens (tertiary/aromatic N) is 4. The van der Waals surface area contributed by atoms with Gasteiger partial charge in [0.1, 0.15) is 6.10 Å². The summed E-state index contributed by atoms with van der Waals surface area (Å²) in [6.45, 7) is 0.722. The van der Waals surface area contributed by atoms with E-state index in [1.54, 1.807) is 12.1 Å². The van der Waals surface area contributed by atoms with Crippen LogP contribution in [0.5, 0.6) is 5.88 Å². The van der Waals surface area contributed by atoms with Crippen molar-refractivity contribution >= 4 is 11.6 Å². The molecule has 1 fully saturated rings. The molecule has 24 heavy (non-hydrogen) atoms. The van der Waals surface area contributed by atoms with E-state index in [1.807, 2.05) is 6.07 Å². The summed E-state index contributed by atoms with van der Waals surface area (Å²) in [5.41, 5.74) is 0.600. The predicted octanol–water partition coefficient (Wildman–Crippen LogP) is 1.76. The molecule has 1 aliphatic heterocycles. The summed E-state index contributed by atoms with van der Waals surface area (Å²) in [6.07, 6.45) is 1.27. The molecule has 0 spiro atoms. The van der Waals surface area contributed by atoms with E-state index in [2.05, 4.69) is 4.98 Å². The number of benzene rings is 1. The summed E-state index contributed by atoms with van der Waals surface area (Å²) < 4.78 is 5.61. The number of pyridine rings is 1.